The third kappa shape index (κ3) is 4.78. The van der Waals surface area contributed by atoms with Crippen molar-refractivity contribution in [3.8, 4) is 0 Å². The second kappa shape index (κ2) is 9.59. The topological polar surface area (TPSA) is 75.3 Å². The van der Waals surface area contributed by atoms with E-state index in [0.717, 1.165) is 45.2 Å². The van der Waals surface area contributed by atoms with Gasteiger partial charge in [0.1, 0.15) is 0 Å². The van der Waals surface area contributed by atoms with E-state index in [4.69, 9.17) is 11.6 Å². The molecule has 2 aliphatic rings. The number of halogens is 2. The van der Waals surface area contributed by atoms with Gasteiger partial charge >= 0.3 is 0 Å². The second-order valence-corrected chi connectivity index (χ2v) is 10.1. The lowest BCUT2D eigenvalue weighted by molar-refractivity contribution is -0.123. The zero-order chi connectivity index (χ0) is 18.6. The largest absolute Gasteiger partial charge is 0.355 e. The molecule has 1 heterocycles. The first-order valence-corrected chi connectivity index (χ1v) is 11.3. The van der Waals surface area contributed by atoms with Crippen molar-refractivity contribution in [3.63, 3.8) is 0 Å². The Hall–Kier alpha value is -0.820. The average Bonchev–Trinajstić information content (AvgIpc) is 3.15. The highest BCUT2D eigenvalue weighted by Gasteiger charge is 2.52. The van der Waals surface area contributed by atoms with Gasteiger partial charge in [-0.15, -0.1) is 12.4 Å². The van der Waals surface area contributed by atoms with Crippen LogP contribution in [-0.2, 0) is 14.6 Å². The molecule has 0 bridgehead atoms. The predicted molar refractivity (Wildman–Crippen MR) is 110 cm³/mol. The summed E-state index contributed by atoms with van der Waals surface area (Å²) in [6.07, 6.45) is 5.49. The van der Waals surface area contributed by atoms with Gasteiger partial charge in [0.2, 0.25) is 5.91 Å². The van der Waals surface area contributed by atoms with E-state index in [0.29, 0.717) is 30.3 Å². The Morgan fingerprint density at radius 3 is 2.44 bits per heavy atom. The number of carbonyl (C=O) groups excluding carboxylic acids is 1. The normalized spacial score (nSPS) is 22.0. The number of nitrogens with one attached hydrogen (secondary N) is 2. The molecule has 1 aliphatic carbocycles. The molecule has 1 amide bonds. The molecule has 0 spiro atoms. The number of amides is 1. The molecular weight excluding hydrogens is 407 g/mol. The highest BCUT2D eigenvalue weighted by molar-refractivity contribution is 7.93. The molecule has 1 unspecified atom stereocenters. The van der Waals surface area contributed by atoms with Crippen LogP contribution in [0.15, 0.2) is 29.2 Å². The van der Waals surface area contributed by atoms with E-state index >= 15 is 0 Å². The zero-order valence-electron chi connectivity index (χ0n) is 15.4. The van der Waals surface area contributed by atoms with Crippen molar-refractivity contribution in [2.24, 2.45) is 5.92 Å². The SMILES string of the molecule is Cl.O=C(NCCC1CCCNC1)C1(S(=O)(=O)c2ccc(Cl)cc2)CCCC1. The highest BCUT2D eigenvalue weighted by atomic mass is 35.5. The first-order valence-electron chi connectivity index (χ1n) is 9.45. The average molecular weight is 435 g/mol. The van der Waals surface area contributed by atoms with E-state index in [1.807, 2.05) is 0 Å². The molecular formula is C19H28Cl2N2O3S. The Morgan fingerprint density at radius 2 is 1.85 bits per heavy atom. The fourth-order valence-electron chi connectivity index (χ4n) is 4.12. The third-order valence-corrected chi connectivity index (χ3v) is 8.47. The van der Waals surface area contributed by atoms with Gasteiger partial charge in [-0.05, 0) is 75.4 Å². The smallest absolute Gasteiger partial charge is 0.241 e. The monoisotopic (exact) mass is 434 g/mol. The molecule has 1 aromatic carbocycles. The quantitative estimate of drug-likeness (QED) is 0.719. The number of hydrogen-bond acceptors (Lipinski definition) is 4. The molecule has 27 heavy (non-hydrogen) atoms. The van der Waals surface area contributed by atoms with Gasteiger partial charge in [-0.2, -0.15) is 0 Å². The highest BCUT2D eigenvalue weighted by Crippen LogP contribution is 2.41. The van der Waals surface area contributed by atoms with Gasteiger partial charge in [-0.1, -0.05) is 24.4 Å². The standard InChI is InChI=1S/C19H27ClN2O3S.ClH/c20-16-5-7-17(8-6-16)26(24,25)19(10-1-2-11-19)18(23)22-13-9-15-4-3-12-21-14-15;/h5-8,15,21H,1-4,9-14H2,(H,22,23);1H. The van der Waals surface area contributed by atoms with E-state index in [1.165, 1.54) is 12.1 Å². The molecule has 1 aliphatic heterocycles. The van der Waals surface area contributed by atoms with Gasteiger partial charge in [-0.25, -0.2) is 8.42 Å². The summed E-state index contributed by atoms with van der Waals surface area (Å²) < 4.78 is 25.2. The van der Waals surface area contributed by atoms with Crippen LogP contribution in [0.5, 0.6) is 0 Å². The summed E-state index contributed by atoms with van der Waals surface area (Å²) >= 11 is 5.88. The lowest BCUT2D eigenvalue weighted by atomic mass is 9.96. The molecule has 0 aromatic heterocycles. The Balaban J connectivity index is 0.00000261. The lowest BCUT2D eigenvalue weighted by Crippen LogP contribution is -2.51. The van der Waals surface area contributed by atoms with E-state index in [2.05, 4.69) is 10.6 Å². The van der Waals surface area contributed by atoms with Crippen molar-refractivity contribution >= 4 is 39.8 Å². The van der Waals surface area contributed by atoms with Gasteiger partial charge in [0.15, 0.2) is 14.6 Å². The van der Waals surface area contributed by atoms with E-state index < -0.39 is 14.6 Å². The van der Waals surface area contributed by atoms with Crippen molar-refractivity contribution in [2.75, 3.05) is 19.6 Å². The van der Waals surface area contributed by atoms with Crippen LogP contribution in [0, 0.1) is 5.92 Å². The van der Waals surface area contributed by atoms with Crippen LogP contribution in [0.4, 0.5) is 0 Å². The molecule has 152 valence electrons. The summed E-state index contributed by atoms with van der Waals surface area (Å²) in [6, 6.07) is 6.12. The van der Waals surface area contributed by atoms with Crippen molar-refractivity contribution in [2.45, 2.75) is 54.6 Å². The fourth-order valence-corrected chi connectivity index (χ4v) is 6.34. The maximum Gasteiger partial charge on any atom is 0.241 e. The Morgan fingerprint density at radius 1 is 1.19 bits per heavy atom. The Bertz CT molecular complexity index is 726. The molecule has 2 N–H and O–H groups in total. The fraction of sp³-hybridized carbons (Fsp3) is 0.632. The molecule has 0 radical (unpaired) electrons. The number of carbonyl (C=O) groups is 1. The first-order chi connectivity index (χ1) is 12.5. The minimum atomic E-state index is -3.75. The predicted octanol–water partition coefficient (Wildman–Crippen LogP) is 3.35. The van der Waals surface area contributed by atoms with E-state index in [1.54, 1.807) is 12.1 Å². The van der Waals surface area contributed by atoms with Crippen molar-refractivity contribution in [1.82, 2.24) is 10.6 Å². The molecule has 1 saturated heterocycles. The first kappa shape index (κ1) is 22.5. The van der Waals surface area contributed by atoms with Gasteiger partial charge in [0, 0.05) is 11.6 Å². The van der Waals surface area contributed by atoms with E-state index in [9.17, 15) is 13.2 Å². The summed E-state index contributed by atoms with van der Waals surface area (Å²) in [5, 5.41) is 6.78. The van der Waals surface area contributed by atoms with Gasteiger partial charge in [-0.3, -0.25) is 4.79 Å². The molecule has 3 rings (SSSR count). The molecule has 1 saturated carbocycles. The summed E-state index contributed by atoms with van der Waals surface area (Å²) in [7, 11) is -3.75. The Labute approximate surface area is 173 Å². The summed E-state index contributed by atoms with van der Waals surface area (Å²) in [6.45, 7) is 2.57. The third-order valence-electron chi connectivity index (χ3n) is 5.70. The number of piperidine rings is 1. The maximum atomic E-state index is 13.3. The number of rotatable bonds is 6. The van der Waals surface area contributed by atoms with Gasteiger partial charge < -0.3 is 10.6 Å². The number of sulfone groups is 1. The van der Waals surface area contributed by atoms with Crippen LogP contribution < -0.4 is 10.6 Å². The van der Waals surface area contributed by atoms with Gasteiger partial charge in [0.05, 0.1) is 4.90 Å². The van der Waals surface area contributed by atoms with Crippen LogP contribution in [-0.4, -0.2) is 38.7 Å². The van der Waals surface area contributed by atoms with Gasteiger partial charge in [0.25, 0.3) is 0 Å². The van der Waals surface area contributed by atoms with Crippen molar-refractivity contribution in [1.29, 1.82) is 0 Å². The van der Waals surface area contributed by atoms with Crippen LogP contribution in [0.2, 0.25) is 5.02 Å². The molecule has 8 heteroatoms. The van der Waals surface area contributed by atoms with Crippen LogP contribution >= 0.6 is 24.0 Å². The second-order valence-electron chi connectivity index (χ2n) is 7.42. The van der Waals surface area contributed by atoms with Crippen LogP contribution in [0.25, 0.3) is 0 Å². The number of hydrogen-bond donors (Lipinski definition) is 2. The lowest BCUT2D eigenvalue weighted by Gasteiger charge is -2.28. The summed E-state index contributed by atoms with van der Waals surface area (Å²) in [5.41, 5.74) is 0. The maximum absolute atomic E-state index is 13.3. The summed E-state index contributed by atoms with van der Waals surface area (Å²) in [4.78, 5) is 13.1. The molecule has 5 nitrogen and oxygen atoms in total. The molecule has 2 fully saturated rings. The Kier molecular flexibility index (Phi) is 7.98. The van der Waals surface area contributed by atoms with Crippen LogP contribution in [0.1, 0.15) is 44.9 Å². The number of benzene rings is 1. The molecule has 1 atom stereocenters. The van der Waals surface area contributed by atoms with Crippen molar-refractivity contribution < 1.29 is 13.2 Å². The molecule has 1 aromatic rings. The van der Waals surface area contributed by atoms with E-state index in [-0.39, 0.29) is 23.2 Å². The minimum absolute atomic E-state index is 0. The van der Waals surface area contributed by atoms with Crippen LogP contribution in [0.3, 0.4) is 0 Å². The van der Waals surface area contributed by atoms with Crippen molar-refractivity contribution in [3.05, 3.63) is 29.3 Å². The summed E-state index contributed by atoms with van der Waals surface area (Å²) in [5.74, 6) is 0.213. The zero-order valence-corrected chi connectivity index (χ0v) is 17.8. The minimum Gasteiger partial charge on any atom is -0.355 e.